The van der Waals surface area contributed by atoms with Crippen LogP contribution in [0, 0.1) is 20.8 Å². The van der Waals surface area contributed by atoms with Gasteiger partial charge in [-0.05, 0) is 93.1 Å². The minimum Gasteiger partial charge on any atom is -0.493 e. The molecule has 14 nitrogen and oxygen atoms in total. The Bertz CT molecular complexity index is 2300. The average molecular weight is 887 g/mol. The van der Waals surface area contributed by atoms with Gasteiger partial charge in [0.1, 0.15) is 22.6 Å². The molecule has 0 fully saturated rings. The number of nitrogens with one attached hydrogen (secondary N) is 2. The fraction of sp³-hybridized carbons (Fsp3) is 0.413. The lowest BCUT2D eigenvalue weighted by atomic mass is 9.99. The molecule has 0 saturated heterocycles. The van der Waals surface area contributed by atoms with Crippen LogP contribution in [-0.2, 0) is 36.6 Å². The average Bonchev–Trinajstić information content (AvgIpc) is 3.76. The van der Waals surface area contributed by atoms with Crippen molar-refractivity contribution in [3.8, 4) is 22.2 Å². The van der Waals surface area contributed by atoms with E-state index < -0.39 is 6.04 Å². The van der Waals surface area contributed by atoms with Gasteiger partial charge in [-0.2, -0.15) is 0 Å². The largest absolute Gasteiger partial charge is 0.493 e. The summed E-state index contributed by atoms with van der Waals surface area (Å²) in [5.41, 5.74) is 6.19. The first kappa shape index (κ1) is 46.2. The number of methoxy groups -OCH3 is 2. The molecule has 5 aromatic rings. The van der Waals surface area contributed by atoms with E-state index in [1.54, 1.807) is 25.6 Å². The Balaban J connectivity index is 0.806. The number of ether oxygens (including phenoxy) is 6. The molecule has 3 heterocycles. The highest BCUT2D eigenvalue weighted by Crippen LogP contribution is 2.39. The van der Waals surface area contributed by atoms with Gasteiger partial charge >= 0.3 is 0 Å². The Hall–Kier alpha value is -5.32. The number of hydrogen-bond acceptors (Lipinski definition) is 12. The Morgan fingerprint density at radius 3 is 2.13 bits per heavy atom. The summed E-state index contributed by atoms with van der Waals surface area (Å²) in [6.45, 7) is 8.92. The zero-order valence-electron chi connectivity index (χ0n) is 36.0. The second kappa shape index (κ2) is 23.2. The minimum atomic E-state index is -0.545. The summed E-state index contributed by atoms with van der Waals surface area (Å²) < 4.78 is 35.3. The van der Waals surface area contributed by atoms with Crippen molar-refractivity contribution in [3.63, 3.8) is 0 Å². The van der Waals surface area contributed by atoms with Crippen molar-refractivity contribution in [1.29, 1.82) is 0 Å². The van der Waals surface area contributed by atoms with Gasteiger partial charge in [0, 0.05) is 34.1 Å². The van der Waals surface area contributed by atoms with Gasteiger partial charge in [-0.15, -0.1) is 21.5 Å². The quantitative estimate of drug-likeness (QED) is 0.0637. The Morgan fingerprint density at radius 2 is 1.44 bits per heavy atom. The van der Waals surface area contributed by atoms with Crippen LogP contribution in [0.1, 0.15) is 63.2 Å². The Kier molecular flexibility index (Phi) is 17.3. The topological polar surface area (TPSA) is 157 Å². The van der Waals surface area contributed by atoms with Gasteiger partial charge in [0.25, 0.3) is 5.91 Å². The first-order chi connectivity index (χ1) is 30.1. The van der Waals surface area contributed by atoms with Crippen LogP contribution >= 0.6 is 22.9 Å². The van der Waals surface area contributed by atoms with Crippen molar-refractivity contribution in [2.45, 2.75) is 52.5 Å². The summed E-state index contributed by atoms with van der Waals surface area (Å²) in [5.74, 6) is 3.08. The van der Waals surface area contributed by atoms with Gasteiger partial charge in [0.15, 0.2) is 23.9 Å². The van der Waals surface area contributed by atoms with Gasteiger partial charge < -0.3 is 39.1 Å². The summed E-state index contributed by atoms with van der Waals surface area (Å²) in [4.78, 5) is 31.9. The molecule has 0 spiro atoms. The summed E-state index contributed by atoms with van der Waals surface area (Å²) in [7, 11) is 3.27. The van der Waals surface area contributed by atoms with Gasteiger partial charge in [-0.1, -0.05) is 41.9 Å². The standard InChI is InChI=1S/C46H55ClN6O8S/c1-30-31(2)62-46-43(30)44(35-13-15-36(47)16-14-35)50-38(45-52-51-32(3)53(45)46)28-41(54)48-18-20-58-22-24-60-25-23-59-21-19-49-42(55)29-61-37-11-7-10-33(26-37)8-6-9-34-12-17-39(56-4)40(27-34)57-5/h7,10-17,26-27,38H,6,8-9,18-25,28-29H2,1-5H3,(H,48,54)(H,49,55)/t38-/m0/s1. The van der Waals surface area contributed by atoms with E-state index in [1.165, 1.54) is 10.4 Å². The van der Waals surface area contributed by atoms with Crippen LogP contribution in [0.2, 0.25) is 5.02 Å². The molecule has 0 unspecified atom stereocenters. The van der Waals surface area contributed by atoms with Crippen LogP contribution < -0.4 is 24.8 Å². The van der Waals surface area contributed by atoms with Gasteiger partial charge in [0.05, 0.1) is 66.0 Å². The predicted molar refractivity (Wildman–Crippen MR) is 240 cm³/mol. The van der Waals surface area contributed by atoms with Crippen LogP contribution in [0.4, 0.5) is 0 Å². The van der Waals surface area contributed by atoms with E-state index in [-0.39, 0.29) is 24.8 Å². The molecule has 330 valence electrons. The Labute approximate surface area is 371 Å². The number of benzene rings is 3. The molecule has 1 aliphatic rings. The van der Waals surface area contributed by atoms with Crippen LogP contribution in [0.15, 0.2) is 71.7 Å². The lowest BCUT2D eigenvalue weighted by Gasteiger charge is -2.13. The van der Waals surface area contributed by atoms with E-state index in [1.807, 2.05) is 66.1 Å². The monoisotopic (exact) mass is 886 g/mol. The third-order valence-corrected chi connectivity index (χ3v) is 11.7. The third kappa shape index (κ3) is 12.6. The van der Waals surface area contributed by atoms with Crippen molar-refractivity contribution < 1.29 is 38.0 Å². The molecule has 16 heteroatoms. The number of carbonyl (C=O) groups excluding carboxylic acids is 2. The van der Waals surface area contributed by atoms with Crippen molar-refractivity contribution in [3.05, 3.63) is 116 Å². The number of amides is 2. The smallest absolute Gasteiger partial charge is 0.258 e. The van der Waals surface area contributed by atoms with E-state index in [0.29, 0.717) is 69.3 Å². The zero-order valence-corrected chi connectivity index (χ0v) is 37.5. The predicted octanol–water partition coefficient (Wildman–Crippen LogP) is 6.74. The number of carbonyl (C=O) groups is 2. The fourth-order valence-electron chi connectivity index (χ4n) is 6.97. The number of thiophene rings is 1. The number of hydrogen-bond donors (Lipinski definition) is 2. The van der Waals surface area contributed by atoms with Crippen molar-refractivity contribution in [1.82, 2.24) is 25.4 Å². The van der Waals surface area contributed by atoms with Crippen LogP contribution in [-0.4, -0.2) is 106 Å². The molecule has 3 aromatic carbocycles. The van der Waals surface area contributed by atoms with E-state index >= 15 is 0 Å². The molecule has 1 aliphatic heterocycles. The number of aryl methyl sites for hydroxylation is 4. The maximum absolute atomic E-state index is 13.2. The van der Waals surface area contributed by atoms with Crippen molar-refractivity contribution >= 4 is 40.5 Å². The second-order valence-electron chi connectivity index (χ2n) is 14.6. The summed E-state index contributed by atoms with van der Waals surface area (Å²) in [5, 5.41) is 16.2. The molecule has 0 radical (unpaired) electrons. The molecule has 2 aromatic heterocycles. The summed E-state index contributed by atoms with van der Waals surface area (Å²) >= 11 is 7.89. The maximum atomic E-state index is 13.2. The van der Waals surface area contributed by atoms with Crippen molar-refractivity contribution in [2.75, 3.05) is 73.6 Å². The van der Waals surface area contributed by atoms with E-state index in [2.05, 4.69) is 46.8 Å². The lowest BCUT2D eigenvalue weighted by Crippen LogP contribution is -2.32. The van der Waals surface area contributed by atoms with Gasteiger partial charge in [-0.3, -0.25) is 19.1 Å². The van der Waals surface area contributed by atoms with Crippen LogP contribution in [0.25, 0.3) is 5.00 Å². The SMILES string of the molecule is COc1ccc(CCCc2cccc(OCC(=O)NCCOCCOCCOCCNC(=O)C[C@@H]3N=C(c4ccc(Cl)cc4)c4c(sc(C)c4C)-n4c(C)nnc43)c2)cc1OC. The fourth-order valence-corrected chi connectivity index (χ4v) is 8.31. The molecular weight excluding hydrogens is 832 g/mol. The van der Waals surface area contributed by atoms with Crippen LogP contribution in [0.3, 0.4) is 0 Å². The van der Waals surface area contributed by atoms with E-state index in [9.17, 15) is 9.59 Å². The van der Waals surface area contributed by atoms with E-state index in [0.717, 1.165) is 69.6 Å². The normalized spacial score (nSPS) is 13.1. The number of aliphatic imine (C=N–C) groups is 1. The molecule has 0 aliphatic carbocycles. The molecule has 0 bridgehead atoms. The second-order valence-corrected chi connectivity index (χ2v) is 16.3. The lowest BCUT2D eigenvalue weighted by molar-refractivity contribution is -0.123. The molecule has 6 rings (SSSR count). The number of aromatic nitrogens is 3. The summed E-state index contributed by atoms with van der Waals surface area (Å²) in [6.07, 6.45) is 2.83. The molecule has 0 saturated carbocycles. The molecule has 2 amide bonds. The molecular formula is C46H55ClN6O8S. The first-order valence-electron chi connectivity index (χ1n) is 20.7. The highest BCUT2D eigenvalue weighted by molar-refractivity contribution is 7.15. The van der Waals surface area contributed by atoms with Gasteiger partial charge in [-0.25, -0.2) is 0 Å². The number of fused-ring (bicyclic) bond motifs is 3. The first-order valence-corrected chi connectivity index (χ1v) is 21.9. The number of rotatable bonds is 24. The maximum Gasteiger partial charge on any atom is 0.258 e. The highest BCUT2D eigenvalue weighted by Gasteiger charge is 2.32. The summed E-state index contributed by atoms with van der Waals surface area (Å²) in [6, 6.07) is 20.9. The number of nitrogens with zero attached hydrogens (tertiary/aromatic N) is 4. The number of halogens is 1. The van der Waals surface area contributed by atoms with Crippen molar-refractivity contribution in [2.24, 2.45) is 4.99 Å². The molecule has 2 N–H and O–H groups in total. The molecule has 62 heavy (non-hydrogen) atoms. The zero-order chi connectivity index (χ0) is 43.8. The third-order valence-electron chi connectivity index (χ3n) is 10.3. The minimum absolute atomic E-state index is 0.0807. The highest BCUT2D eigenvalue weighted by atomic mass is 35.5. The van der Waals surface area contributed by atoms with E-state index in [4.69, 9.17) is 45.0 Å². The Morgan fingerprint density at radius 1 is 0.774 bits per heavy atom. The van der Waals surface area contributed by atoms with Gasteiger partial charge in [0.2, 0.25) is 5.91 Å². The molecule has 1 atom stereocenters. The van der Waals surface area contributed by atoms with Crippen LogP contribution in [0.5, 0.6) is 17.2 Å².